The second-order valence-corrected chi connectivity index (χ2v) is 9.52. The monoisotopic (exact) mass is 444 g/mol. The molecule has 0 unspecified atom stereocenters. The van der Waals surface area contributed by atoms with Crippen LogP contribution in [0.2, 0.25) is 0 Å². The molecule has 2 amide bonds. The van der Waals surface area contributed by atoms with Crippen LogP contribution in [0.15, 0.2) is 41.3 Å². The maximum absolute atomic E-state index is 12.8. The van der Waals surface area contributed by atoms with Crippen LogP contribution < -0.4 is 19.7 Å². The van der Waals surface area contributed by atoms with Gasteiger partial charge >= 0.3 is 0 Å². The number of hydrogen-bond acceptors (Lipinski definition) is 6. The molecular formula is C22H24N2O6S. The van der Waals surface area contributed by atoms with Crippen molar-refractivity contribution in [3.8, 4) is 11.5 Å². The van der Waals surface area contributed by atoms with E-state index in [1.165, 1.54) is 6.07 Å². The summed E-state index contributed by atoms with van der Waals surface area (Å²) >= 11 is 0. The van der Waals surface area contributed by atoms with E-state index in [9.17, 15) is 18.0 Å². The summed E-state index contributed by atoms with van der Waals surface area (Å²) in [7, 11) is -3.64. The van der Waals surface area contributed by atoms with Gasteiger partial charge in [-0.2, -0.15) is 0 Å². The number of nitrogens with zero attached hydrogens (tertiary/aromatic N) is 1. The van der Waals surface area contributed by atoms with E-state index in [2.05, 4.69) is 5.32 Å². The van der Waals surface area contributed by atoms with E-state index in [1.807, 2.05) is 0 Å². The van der Waals surface area contributed by atoms with E-state index < -0.39 is 15.7 Å². The zero-order chi connectivity index (χ0) is 22.0. The molecule has 0 aromatic heterocycles. The van der Waals surface area contributed by atoms with Gasteiger partial charge in [-0.15, -0.1) is 0 Å². The summed E-state index contributed by atoms with van der Waals surface area (Å²) in [5.74, 6) is 0.471. The Hall–Kier alpha value is -3.07. The highest BCUT2D eigenvalue weighted by atomic mass is 32.2. The molecule has 164 valence electrons. The first-order chi connectivity index (χ1) is 14.9. The first-order valence-electron chi connectivity index (χ1n) is 10.2. The van der Waals surface area contributed by atoms with E-state index in [-0.39, 0.29) is 23.0 Å². The standard InChI is InChI=1S/C22H24N2O6S/c1-2-22(26)24-9-7-15-13-17(4-5-18(15)24)31(27,28)12-8-21(25)23-16-3-6-19-20(14-16)30-11-10-29-19/h3-6,13-14H,2,7-12H2,1H3,(H,23,25). The SMILES string of the molecule is CCC(=O)N1CCc2cc(S(=O)(=O)CCC(=O)Nc3ccc4c(c3)OCCO4)ccc21. The fraction of sp³-hybridized carbons (Fsp3) is 0.364. The van der Waals surface area contributed by atoms with Gasteiger partial charge in [-0.05, 0) is 42.3 Å². The van der Waals surface area contributed by atoms with Crippen molar-refractivity contribution in [1.29, 1.82) is 0 Å². The third-order valence-corrected chi connectivity index (χ3v) is 7.05. The van der Waals surface area contributed by atoms with Gasteiger partial charge in [0.25, 0.3) is 0 Å². The molecule has 0 spiro atoms. The van der Waals surface area contributed by atoms with E-state index >= 15 is 0 Å². The van der Waals surface area contributed by atoms with E-state index in [1.54, 1.807) is 42.2 Å². The van der Waals surface area contributed by atoms with Crippen LogP contribution in [-0.4, -0.2) is 45.7 Å². The maximum Gasteiger partial charge on any atom is 0.226 e. The highest BCUT2D eigenvalue weighted by molar-refractivity contribution is 7.91. The van der Waals surface area contributed by atoms with Crippen molar-refractivity contribution in [2.45, 2.75) is 31.1 Å². The third kappa shape index (κ3) is 4.51. The fourth-order valence-corrected chi connectivity index (χ4v) is 5.00. The number of sulfone groups is 1. The summed E-state index contributed by atoms with van der Waals surface area (Å²) in [6, 6.07) is 9.85. The highest BCUT2D eigenvalue weighted by Crippen LogP contribution is 2.33. The molecule has 2 aliphatic rings. The Morgan fingerprint density at radius 3 is 2.61 bits per heavy atom. The number of nitrogens with one attached hydrogen (secondary N) is 1. The summed E-state index contributed by atoms with van der Waals surface area (Å²) in [5.41, 5.74) is 2.12. The number of rotatable bonds is 6. The lowest BCUT2D eigenvalue weighted by atomic mass is 10.2. The Morgan fingerprint density at radius 2 is 1.84 bits per heavy atom. The Morgan fingerprint density at radius 1 is 1.06 bits per heavy atom. The predicted molar refractivity (Wildman–Crippen MR) is 116 cm³/mol. The summed E-state index contributed by atoms with van der Waals surface area (Å²) in [6.45, 7) is 3.28. The van der Waals surface area contributed by atoms with Gasteiger partial charge < -0.3 is 19.7 Å². The van der Waals surface area contributed by atoms with Crippen molar-refractivity contribution < 1.29 is 27.5 Å². The Kier molecular flexibility index (Phi) is 5.86. The number of ether oxygens (including phenoxy) is 2. The molecule has 0 saturated heterocycles. The second kappa shape index (κ2) is 8.58. The smallest absolute Gasteiger partial charge is 0.226 e. The van der Waals surface area contributed by atoms with Gasteiger partial charge in [0, 0.05) is 36.8 Å². The van der Waals surface area contributed by atoms with Crippen molar-refractivity contribution in [1.82, 2.24) is 0 Å². The van der Waals surface area contributed by atoms with Crippen LogP contribution in [0.3, 0.4) is 0 Å². The summed E-state index contributed by atoms with van der Waals surface area (Å²) < 4.78 is 36.4. The molecule has 2 aromatic carbocycles. The van der Waals surface area contributed by atoms with Gasteiger partial charge in [-0.25, -0.2) is 8.42 Å². The predicted octanol–water partition coefficient (Wildman–Crippen LogP) is 2.56. The van der Waals surface area contributed by atoms with Gasteiger partial charge in [0.05, 0.1) is 10.6 Å². The molecule has 0 saturated carbocycles. The van der Waals surface area contributed by atoms with Gasteiger partial charge in [0.15, 0.2) is 21.3 Å². The first-order valence-corrected chi connectivity index (χ1v) is 11.9. The minimum absolute atomic E-state index is 0.0187. The largest absolute Gasteiger partial charge is 0.486 e. The molecule has 0 atom stereocenters. The fourth-order valence-electron chi connectivity index (χ4n) is 3.71. The molecule has 0 fully saturated rings. The molecule has 2 aliphatic heterocycles. The Balaban J connectivity index is 1.39. The summed E-state index contributed by atoms with van der Waals surface area (Å²) in [4.78, 5) is 26.2. The number of amides is 2. The van der Waals surface area contributed by atoms with Crippen LogP contribution in [0, 0.1) is 0 Å². The maximum atomic E-state index is 12.8. The van der Waals surface area contributed by atoms with Gasteiger partial charge in [-0.1, -0.05) is 6.92 Å². The lowest BCUT2D eigenvalue weighted by Gasteiger charge is -2.19. The van der Waals surface area contributed by atoms with Crippen molar-refractivity contribution in [2.75, 3.05) is 35.7 Å². The highest BCUT2D eigenvalue weighted by Gasteiger charge is 2.26. The molecule has 2 aromatic rings. The average molecular weight is 445 g/mol. The van der Waals surface area contributed by atoms with Crippen molar-refractivity contribution in [3.05, 3.63) is 42.0 Å². The number of carbonyl (C=O) groups is 2. The quantitative estimate of drug-likeness (QED) is 0.735. The van der Waals surface area contributed by atoms with Crippen molar-refractivity contribution in [2.24, 2.45) is 0 Å². The van der Waals surface area contributed by atoms with Crippen LogP contribution in [0.4, 0.5) is 11.4 Å². The van der Waals surface area contributed by atoms with Crippen LogP contribution in [0.5, 0.6) is 11.5 Å². The van der Waals surface area contributed by atoms with Crippen LogP contribution in [-0.2, 0) is 25.8 Å². The number of benzene rings is 2. The van der Waals surface area contributed by atoms with Gasteiger partial charge in [0.2, 0.25) is 11.8 Å². The normalized spacial score (nSPS) is 14.8. The number of carbonyl (C=O) groups excluding carboxylic acids is 2. The number of hydrogen-bond donors (Lipinski definition) is 1. The molecule has 4 rings (SSSR count). The molecule has 8 nitrogen and oxygen atoms in total. The van der Waals surface area contributed by atoms with E-state index in [4.69, 9.17) is 9.47 Å². The van der Waals surface area contributed by atoms with Crippen LogP contribution in [0.1, 0.15) is 25.3 Å². The molecule has 31 heavy (non-hydrogen) atoms. The van der Waals surface area contributed by atoms with Crippen LogP contribution >= 0.6 is 0 Å². The molecule has 0 radical (unpaired) electrons. The zero-order valence-electron chi connectivity index (χ0n) is 17.2. The molecule has 0 aliphatic carbocycles. The molecule has 0 bridgehead atoms. The molecular weight excluding hydrogens is 420 g/mol. The van der Waals surface area contributed by atoms with Gasteiger partial charge in [0.1, 0.15) is 13.2 Å². The van der Waals surface area contributed by atoms with Crippen LogP contribution in [0.25, 0.3) is 0 Å². The Bertz CT molecular complexity index is 1130. The molecule has 2 heterocycles. The second-order valence-electron chi connectivity index (χ2n) is 7.41. The topological polar surface area (TPSA) is 102 Å². The van der Waals surface area contributed by atoms with E-state index in [0.29, 0.717) is 49.8 Å². The Labute approximate surface area is 181 Å². The minimum Gasteiger partial charge on any atom is -0.486 e. The summed E-state index contributed by atoms with van der Waals surface area (Å²) in [6.07, 6.45) is 0.849. The number of anilines is 2. The first kappa shape index (κ1) is 21.2. The molecule has 1 N–H and O–H groups in total. The number of fused-ring (bicyclic) bond motifs is 2. The lowest BCUT2D eigenvalue weighted by molar-refractivity contribution is -0.118. The zero-order valence-corrected chi connectivity index (χ0v) is 18.0. The minimum atomic E-state index is -3.64. The summed E-state index contributed by atoms with van der Waals surface area (Å²) in [5, 5.41) is 2.70. The van der Waals surface area contributed by atoms with Crippen molar-refractivity contribution >= 4 is 33.0 Å². The van der Waals surface area contributed by atoms with Crippen molar-refractivity contribution in [3.63, 3.8) is 0 Å². The lowest BCUT2D eigenvalue weighted by Crippen LogP contribution is -2.27. The third-order valence-electron chi connectivity index (χ3n) is 5.33. The average Bonchev–Trinajstić information content (AvgIpc) is 3.20. The van der Waals surface area contributed by atoms with E-state index in [0.717, 1.165) is 11.3 Å². The molecule has 9 heteroatoms. The van der Waals surface area contributed by atoms with Gasteiger partial charge in [-0.3, -0.25) is 9.59 Å².